The fourth-order valence-electron chi connectivity index (χ4n) is 3.02. The van der Waals surface area contributed by atoms with Crippen LogP contribution in [0.3, 0.4) is 0 Å². The summed E-state index contributed by atoms with van der Waals surface area (Å²) < 4.78 is 5.32. The number of aromatic amines is 1. The zero-order chi connectivity index (χ0) is 18.8. The molecular formula is C20H18N4O2S. The van der Waals surface area contributed by atoms with Crippen LogP contribution in [0.1, 0.15) is 22.8 Å². The van der Waals surface area contributed by atoms with Crippen LogP contribution in [0.15, 0.2) is 55.1 Å². The van der Waals surface area contributed by atoms with Gasteiger partial charge in [0.15, 0.2) is 5.82 Å². The van der Waals surface area contributed by atoms with Crippen LogP contribution >= 0.6 is 11.3 Å². The van der Waals surface area contributed by atoms with Crippen molar-refractivity contribution < 1.29 is 9.84 Å². The number of rotatable bonds is 5. The molecule has 0 bridgehead atoms. The highest BCUT2D eigenvalue weighted by molar-refractivity contribution is 7.19. The molecule has 1 atom stereocenters. The Morgan fingerprint density at radius 2 is 1.96 bits per heavy atom. The van der Waals surface area contributed by atoms with Crippen molar-refractivity contribution >= 4 is 11.3 Å². The molecular weight excluding hydrogens is 360 g/mol. The van der Waals surface area contributed by atoms with Gasteiger partial charge in [-0.05, 0) is 53.9 Å². The molecule has 2 N–H and O–H groups in total. The molecule has 0 aliphatic rings. The number of benzene rings is 1. The summed E-state index contributed by atoms with van der Waals surface area (Å²) in [6, 6.07) is 11.6. The summed E-state index contributed by atoms with van der Waals surface area (Å²) in [4.78, 5) is 9.00. The zero-order valence-electron chi connectivity index (χ0n) is 14.9. The number of nitrogens with one attached hydrogen (secondary N) is 1. The van der Waals surface area contributed by atoms with E-state index in [1.165, 1.54) is 6.33 Å². The highest BCUT2D eigenvalue weighted by Gasteiger charge is 2.22. The van der Waals surface area contributed by atoms with E-state index in [2.05, 4.69) is 20.2 Å². The zero-order valence-corrected chi connectivity index (χ0v) is 15.7. The topological polar surface area (TPSA) is 83.9 Å². The fraction of sp³-hybridized carbons (Fsp3) is 0.150. The molecule has 0 saturated carbocycles. The van der Waals surface area contributed by atoms with E-state index in [4.69, 9.17) is 4.74 Å². The summed E-state index contributed by atoms with van der Waals surface area (Å²) in [6.07, 6.45) is 4.26. The van der Waals surface area contributed by atoms with E-state index in [0.29, 0.717) is 5.82 Å². The number of H-pyrrole nitrogens is 1. The quantitative estimate of drug-likeness (QED) is 0.548. The second-order valence-corrected chi connectivity index (χ2v) is 7.15. The lowest BCUT2D eigenvalue weighted by Crippen LogP contribution is -2.01. The Morgan fingerprint density at radius 1 is 1.15 bits per heavy atom. The van der Waals surface area contributed by atoms with E-state index in [-0.39, 0.29) is 0 Å². The summed E-state index contributed by atoms with van der Waals surface area (Å²) >= 11 is 1.56. The van der Waals surface area contributed by atoms with Crippen molar-refractivity contribution in [3.63, 3.8) is 0 Å². The van der Waals surface area contributed by atoms with Crippen molar-refractivity contribution in [2.24, 2.45) is 0 Å². The van der Waals surface area contributed by atoms with Gasteiger partial charge in [0.1, 0.15) is 18.2 Å². The summed E-state index contributed by atoms with van der Waals surface area (Å²) in [6.45, 7) is 1.96. The average Bonchev–Trinajstić information content (AvgIpc) is 3.37. The van der Waals surface area contributed by atoms with Gasteiger partial charge in [-0.15, -0.1) is 21.5 Å². The van der Waals surface area contributed by atoms with Crippen LogP contribution in [0, 0.1) is 6.92 Å². The van der Waals surface area contributed by atoms with Gasteiger partial charge in [0.05, 0.1) is 12.0 Å². The van der Waals surface area contributed by atoms with Crippen molar-refractivity contribution in [3.05, 3.63) is 71.8 Å². The van der Waals surface area contributed by atoms with E-state index in [1.807, 2.05) is 43.3 Å². The third kappa shape index (κ3) is 3.34. The largest absolute Gasteiger partial charge is 0.496 e. The van der Waals surface area contributed by atoms with E-state index in [0.717, 1.165) is 37.8 Å². The lowest BCUT2D eigenvalue weighted by molar-refractivity contribution is 0.221. The molecule has 0 fully saturated rings. The van der Waals surface area contributed by atoms with Gasteiger partial charge in [-0.2, -0.15) is 0 Å². The van der Waals surface area contributed by atoms with Gasteiger partial charge in [0.25, 0.3) is 0 Å². The summed E-state index contributed by atoms with van der Waals surface area (Å²) in [7, 11) is 1.64. The van der Waals surface area contributed by atoms with Gasteiger partial charge in [0.2, 0.25) is 0 Å². The Kier molecular flexibility index (Phi) is 4.70. The minimum absolute atomic E-state index is 0.639. The number of aromatic nitrogens is 4. The number of ether oxygens (including phenoxy) is 1. The summed E-state index contributed by atoms with van der Waals surface area (Å²) in [5.74, 6) is 1.43. The highest BCUT2D eigenvalue weighted by Crippen LogP contribution is 2.41. The second-order valence-electron chi connectivity index (χ2n) is 6.10. The van der Waals surface area contributed by atoms with Gasteiger partial charge >= 0.3 is 0 Å². The first-order valence-electron chi connectivity index (χ1n) is 8.40. The normalized spacial score (nSPS) is 12.1. The molecule has 3 aromatic heterocycles. The van der Waals surface area contributed by atoms with Crippen molar-refractivity contribution in [1.29, 1.82) is 0 Å². The van der Waals surface area contributed by atoms with Crippen LogP contribution in [0.25, 0.3) is 21.1 Å². The van der Waals surface area contributed by atoms with Gasteiger partial charge < -0.3 is 14.8 Å². The van der Waals surface area contributed by atoms with Crippen LogP contribution in [0.5, 0.6) is 5.75 Å². The predicted octanol–water partition coefficient (Wildman–Crippen LogP) is 3.99. The molecule has 136 valence electrons. The van der Waals surface area contributed by atoms with Gasteiger partial charge in [-0.25, -0.2) is 0 Å². The smallest absolute Gasteiger partial charge is 0.171 e. The van der Waals surface area contributed by atoms with Gasteiger partial charge in [0, 0.05) is 22.8 Å². The van der Waals surface area contributed by atoms with Crippen molar-refractivity contribution in [2.45, 2.75) is 13.0 Å². The average molecular weight is 378 g/mol. The standard InChI is InChI=1S/C20H18N4O2S/c1-12-9-14(3-4-16(12)26-2)18(25)15-10-17(13-5-7-21-8-6-13)27-19(15)20-22-11-23-24-20/h3-11,18,25H,1-2H3,(H,22,23,24). The Balaban J connectivity index is 1.81. The molecule has 27 heavy (non-hydrogen) atoms. The first-order chi connectivity index (χ1) is 13.2. The Labute approximate surface area is 160 Å². The van der Waals surface area contributed by atoms with Crippen LogP contribution < -0.4 is 4.74 Å². The number of aryl methyl sites for hydroxylation is 1. The van der Waals surface area contributed by atoms with E-state index in [9.17, 15) is 5.11 Å². The lowest BCUT2D eigenvalue weighted by Gasteiger charge is -2.13. The molecule has 0 saturated heterocycles. The number of pyridine rings is 1. The van der Waals surface area contributed by atoms with E-state index < -0.39 is 6.10 Å². The first-order valence-corrected chi connectivity index (χ1v) is 9.22. The van der Waals surface area contributed by atoms with Crippen LogP contribution in [-0.4, -0.2) is 32.4 Å². The minimum atomic E-state index is -0.790. The Morgan fingerprint density at radius 3 is 2.63 bits per heavy atom. The third-order valence-corrected chi connectivity index (χ3v) is 5.59. The van der Waals surface area contributed by atoms with E-state index in [1.54, 1.807) is 30.8 Å². The molecule has 1 aromatic carbocycles. The summed E-state index contributed by atoms with van der Waals surface area (Å²) in [5.41, 5.74) is 3.60. The number of nitrogens with zero attached hydrogens (tertiary/aromatic N) is 3. The molecule has 0 spiro atoms. The number of aliphatic hydroxyl groups is 1. The van der Waals surface area contributed by atoms with Crippen molar-refractivity contribution in [3.8, 4) is 26.9 Å². The van der Waals surface area contributed by atoms with Crippen LogP contribution in [0.4, 0.5) is 0 Å². The van der Waals surface area contributed by atoms with Crippen LogP contribution in [-0.2, 0) is 0 Å². The van der Waals surface area contributed by atoms with E-state index >= 15 is 0 Å². The molecule has 4 rings (SSSR count). The van der Waals surface area contributed by atoms with Crippen molar-refractivity contribution in [1.82, 2.24) is 20.2 Å². The maximum absolute atomic E-state index is 11.1. The molecule has 3 heterocycles. The molecule has 0 aliphatic carbocycles. The molecule has 0 amide bonds. The molecule has 0 aliphatic heterocycles. The van der Waals surface area contributed by atoms with Crippen molar-refractivity contribution in [2.75, 3.05) is 7.11 Å². The second kappa shape index (κ2) is 7.30. The SMILES string of the molecule is COc1ccc(C(O)c2cc(-c3ccncc3)sc2-c2nnc[nH]2)cc1C. The number of methoxy groups -OCH3 is 1. The number of thiophene rings is 1. The van der Waals surface area contributed by atoms with Crippen LogP contribution in [0.2, 0.25) is 0 Å². The molecule has 4 aromatic rings. The number of aliphatic hydroxyl groups excluding tert-OH is 1. The number of hydrogen-bond donors (Lipinski definition) is 2. The third-order valence-electron chi connectivity index (χ3n) is 4.39. The molecule has 7 heteroatoms. The molecule has 6 nitrogen and oxygen atoms in total. The molecule has 1 unspecified atom stereocenters. The monoisotopic (exact) mass is 378 g/mol. The maximum Gasteiger partial charge on any atom is 0.171 e. The Hall–Kier alpha value is -3.03. The maximum atomic E-state index is 11.1. The fourth-order valence-corrected chi connectivity index (χ4v) is 4.16. The van der Waals surface area contributed by atoms with Gasteiger partial charge in [-0.1, -0.05) is 6.07 Å². The number of hydrogen-bond acceptors (Lipinski definition) is 6. The minimum Gasteiger partial charge on any atom is -0.496 e. The highest BCUT2D eigenvalue weighted by atomic mass is 32.1. The lowest BCUT2D eigenvalue weighted by atomic mass is 9.99. The Bertz CT molecular complexity index is 1050. The summed E-state index contributed by atoms with van der Waals surface area (Å²) in [5, 5.41) is 19.1. The van der Waals surface area contributed by atoms with Gasteiger partial charge in [-0.3, -0.25) is 4.98 Å². The predicted molar refractivity (Wildman–Crippen MR) is 105 cm³/mol. The first kappa shape index (κ1) is 17.4. The molecule has 0 radical (unpaired) electrons.